The highest BCUT2D eigenvalue weighted by molar-refractivity contribution is 5.87. The zero-order valence-corrected chi connectivity index (χ0v) is 11.1. The Morgan fingerprint density at radius 2 is 2.00 bits per heavy atom. The fourth-order valence-corrected chi connectivity index (χ4v) is 1.88. The first-order valence-corrected chi connectivity index (χ1v) is 6.09. The number of hydrogen-bond acceptors (Lipinski definition) is 5. The van der Waals surface area contributed by atoms with Crippen molar-refractivity contribution in [3.05, 3.63) is 24.9 Å². The summed E-state index contributed by atoms with van der Waals surface area (Å²) in [6.07, 6.45) is 7.02. The fraction of sp³-hybridized carbons (Fsp3) is 0.333. The van der Waals surface area contributed by atoms with Crippen LogP contribution >= 0.6 is 0 Å². The minimum absolute atomic E-state index is 0.333. The summed E-state index contributed by atoms with van der Waals surface area (Å²) in [4.78, 5) is 8.46. The van der Waals surface area contributed by atoms with Gasteiger partial charge in [0.25, 0.3) is 0 Å². The molecule has 0 spiro atoms. The minimum Gasteiger partial charge on any atom is -0.337 e. The predicted octanol–water partition coefficient (Wildman–Crippen LogP) is 1.88. The molecule has 0 bridgehead atoms. The Hall–Kier alpha value is -2.44. The SMILES string of the molecule is CC(C)n1cc(Nc2ncnc3c2cnn3C)cn1. The maximum absolute atomic E-state index is 4.29. The molecule has 7 heteroatoms. The van der Waals surface area contributed by atoms with Gasteiger partial charge in [-0.25, -0.2) is 9.97 Å². The third-order valence-electron chi connectivity index (χ3n) is 2.92. The number of rotatable bonds is 3. The van der Waals surface area contributed by atoms with Gasteiger partial charge in [-0.3, -0.25) is 9.36 Å². The first-order chi connectivity index (χ1) is 9.15. The molecule has 3 rings (SSSR count). The Labute approximate surface area is 110 Å². The molecule has 0 saturated heterocycles. The monoisotopic (exact) mass is 257 g/mol. The van der Waals surface area contributed by atoms with E-state index in [0.717, 1.165) is 22.5 Å². The molecule has 0 atom stereocenters. The van der Waals surface area contributed by atoms with E-state index >= 15 is 0 Å². The van der Waals surface area contributed by atoms with Gasteiger partial charge >= 0.3 is 0 Å². The van der Waals surface area contributed by atoms with Gasteiger partial charge in [0.15, 0.2) is 5.65 Å². The van der Waals surface area contributed by atoms with Crippen LogP contribution in [-0.4, -0.2) is 29.5 Å². The van der Waals surface area contributed by atoms with E-state index in [1.54, 1.807) is 17.1 Å². The average Bonchev–Trinajstić information content (AvgIpc) is 2.98. The van der Waals surface area contributed by atoms with Gasteiger partial charge in [0.1, 0.15) is 12.1 Å². The summed E-state index contributed by atoms with van der Waals surface area (Å²) in [5.41, 5.74) is 1.70. The van der Waals surface area contributed by atoms with E-state index in [2.05, 4.69) is 39.3 Å². The summed E-state index contributed by atoms with van der Waals surface area (Å²) < 4.78 is 3.61. The van der Waals surface area contributed by atoms with Crippen molar-refractivity contribution in [1.82, 2.24) is 29.5 Å². The van der Waals surface area contributed by atoms with Crippen LogP contribution in [0.1, 0.15) is 19.9 Å². The number of anilines is 2. The molecule has 0 aliphatic rings. The standard InChI is InChI=1S/C12H15N7/c1-8(2)19-6-9(4-16-19)17-11-10-5-15-18(3)12(10)14-7-13-11/h4-8H,1-3H3,(H,13,14,17). The Kier molecular flexibility index (Phi) is 2.66. The zero-order chi connectivity index (χ0) is 13.4. The lowest BCUT2D eigenvalue weighted by Crippen LogP contribution is -2.00. The van der Waals surface area contributed by atoms with Crippen molar-refractivity contribution in [2.45, 2.75) is 19.9 Å². The third kappa shape index (κ3) is 2.03. The number of nitrogens with zero attached hydrogens (tertiary/aromatic N) is 6. The first-order valence-electron chi connectivity index (χ1n) is 6.09. The average molecular weight is 257 g/mol. The zero-order valence-electron chi connectivity index (χ0n) is 11.1. The van der Waals surface area contributed by atoms with E-state index in [9.17, 15) is 0 Å². The van der Waals surface area contributed by atoms with Crippen LogP contribution in [0.5, 0.6) is 0 Å². The van der Waals surface area contributed by atoms with Gasteiger partial charge in [0.2, 0.25) is 0 Å². The van der Waals surface area contributed by atoms with Gasteiger partial charge in [-0.1, -0.05) is 0 Å². The van der Waals surface area contributed by atoms with Crippen molar-refractivity contribution < 1.29 is 0 Å². The third-order valence-corrected chi connectivity index (χ3v) is 2.92. The molecule has 0 aromatic carbocycles. The Balaban J connectivity index is 1.96. The second-order valence-electron chi connectivity index (χ2n) is 4.66. The fourth-order valence-electron chi connectivity index (χ4n) is 1.88. The van der Waals surface area contributed by atoms with Gasteiger partial charge in [-0.15, -0.1) is 0 Å². The Morgan fingerprint density at radius 1 is 1.16 bits per heavy atom. The molecule has 19 heavy (non-hydrogen) atoms. The number of aromatic nitrogens is 6. The van der Waals surface area contributed by atoms with Gasteiger partial charge in [0.05, 0.1) is 23.5 Å². The van der Waals surface area contributed by atoms with Gasteiger partial charge < -0.3 is 5.32 Å². The van der Waals surface area contributed by atoms with Gasteiger partial charge in [-0.05, 0) is 13.8 Å². The lowest BCUT2D eigenvalue weighted by Gasteiger charge is -2.04. The molecular formula is C12H15N7. The second-order valence-corrected chi connectivity index (χ2v) is 4.66. The van der Waals surface area contributed by atoms with Crippen molar-refractivity contribution in [3.63, 3.8) is 0 Å². The highest BCUT2D eigenvalue weighted by Crippen LogP contribution is 2.22. The van der Waals surface area contributed by atoms with Crippen LogP contribution in [0.2, 0.25) is 0 Å². The molecule has 0 unspecified atom stereocenters. The lowest BCUT2D eigenvalue weighted by atomic mass is 10.4. The summed E-state index contributed by atoms with van der Waals surface area (Å²) in [6, 6.07) is 0.333. The van der Waals surface area contributed by atoms with Crippen molar-refractivity contribution >= 4 is 22.5 Å². The second kappa shape index (κ2) is 4.34. The summed E-state index contributed by atoms with van der Waals surface area (Å²) in [6.45, 7) is 4.17. The molecule has 0 aliphatic carbocycles. The van der Waals surface area contributed by atoms with Crippen LogP contribution in [0.15, 0.2) is 24.9 Å². The normalized spacial score (nSPS) is 11.4. The molecule has 0 amide bonds. The molecule has 3 aromatic heterocycles. The molecule has 7 nitrogen and oxygen atoms in total. The molecular weight excluding hydrogens is 242 g/mol. The molecule has 0 fully saturated rings. The van der Waals surface area contributed by atoms with Crippen molar-refractivity contribution in [1.29, 1.82) is 0 Å². The van der Waals surface area contributed by atoms with Crippen LogP contribution in [-0.2, 0) is 7.05 Å². The van der Waals surface area contributed by atoms with Crippen LogP contribution in [0, 0.1) is 0 Å². The molecule has 1 N–H and O–H groups in total. The van der Waals surface area contributed by atoms with E-state index in [-0.39, 0.29) is 0 Å². The lowest BCUT2D eigenvalue weighted by molar-refractivity contribution is 0.532. The van der Waals surface area contributed by atoms with Crippen LogP contribution in [0.3, 0.4) is 0 Å². The first kappa shape index (κ1) is 11.6. The van der Waals surface area contributed by atoms with Crippen molar-refractivity contribution in [2.24, 2.45) is 7.05 Å². The molecule has 0 radical (unpaired) electrons. The number of hydrogen-bond donors (Lipinski definition) is 1. The maximum atomic E-state index is 4.29. The number of nitrogens with one attached hydrogen (secondary N) is 1. The van der Waals surface area contributed by atoms with Crippen LogP contribution in [0.4, 0.5) is 11.5 Å². The molecule has 98 valence electrons. The van der Waals surface area contributed by atoms with E-state index in [1.807, 2.05) is 17.9 Å². The van der Waals surface area contributed by atoms with Gasteiger partial charge in [0, 0.05) is 19.3 Å². The van der Waals surface area contributed by atoms with Crippen LogP contribution < -0.4 is 5.32 Å². The highest BCUT2D eigenvalue weighted by atomic mass is 15.3. The van der Waals surface area contributed by atoms with E-state index in [1.165, 1.54) is 6.33 Å². The number of aryl methyl sites for hydroxylation is 1. The predicted molar refractivity (Wildman–Crippen MR) is 72.2 cm³/mol. The Bertz CT molecular complexity index is 710. The smallest absolute Gasteiger partial charge is 0.163 e. The largest absolute Gasteiger partial charge is 0.337 e. The van der Waals surface area contributed by atoms with Gasteiger partial charge in [-0.2, -0.15) is 10.2 Å². The summed E-state index contributed by atoms with van der Waals surface area (Å²) >= 11 is 0. The van der Waals surface area contributed by atoms with Crippen molar-refractivity contribution in [2.75, 3.05) is 5.32 Å². The van der Waals surface area contributed by atoms with Crippen molar-refractivity contribution in [3.8, 4) is 0 Å². The molecule has 3 aromatic rings. The number of fused-ring (bicyclic) bond motifs is 1. The maximum Gasteiger partial charge on any atom is 0.163 e. The summed E-state index contributed by atoms with van der Waals surface area (Å²) in [5, 5.41) is 12.6. The molecule has 0 saturated carbocycles. The topological polar surface area (TPSA) is 73.5 Å². The summed E-state index contributed by atoms with van der Waals surface area (Å²) in [7, 11) is 1.86. The summed E-state index contributed by atoms with van der Waals surface area (Å²) in [5.74, 6) is 0.737. The molecule has 3 heterocycles. The van der Waals surface area contributed by atoms with E-state index in [0.29, 0.717) is 6.04 Å². The van der Waals surface area contributed by atoms with E-state index < -0.39 is 0 Å². The van der Waals surface area contributed by atoms with E-state index in [4.69, 9.17) is 0 Å². The Morgan fingerprint density at radius 3 is 2.74 bits per heavy atom. The van der Waals surface area contributed by atoms with Crippen LogP contribution in [0.25, 0.3) is 11.0 Å². The minimum atomic E-state index is 0.333. The highest BCUT2D eigenvalue weighted by Gasteiger charge is 2.09. The molecule has 0 aliphatic heterocycles. The quantitative estimate of drug-likeness (QED) is 0.775.